The lowest BCUT2D eigenvalue weighted by Gasteiger charge is -2.28. The second-order valence-corrected chi connectivity index (χ2v) is 10.2. The van der Waals surface area contributed by atoms with E-state index in [2.05, 4.69) is 24.1 Å². The van der Waals surface area contributed by atoms with Crippen LogP contribution in [0.2, 0.25) is 0 Å². The predicted molar refractivity (Wildman–Crippen MR) is 145 cm³/mol. The summed E-state index contributed by atoms with van der Waals surface area (Å²) in [5.41, 5.74) is 0.985. The third-order valence-electron chi connectivity index (χ3n) is 7.89. The second-order valence-electron chi connectivity index (χ2n) is 10.2. The van der Waals surface area contributed by atoms with Gasteiger partial charge >= 0.3 is 0 Å². The number of carbonyl (C=O) groups is 4. The number of furan rings is 1. The molecule has 3 heterocycles. The average Bonchev–Trinajstić information content (AvgIpc) is 3.59. The molecule has 0 bridgehead atoms. The third kappa shape index (κ3) is 4.94. The molecule has 9 nitrogen and oxygen atoms in total. The molecule has 3 amide bonds. The Morgan fingerprint density at radius 2 is 1.90 bits per heavy atom. The largest absolute Gasteiger partial charge is 0.497 e. The van der Waals surface area contributed by atoms with Crippen LogP contribution in [0.1, 0.15) is 65.1 Å². The summed E-state index contributed by atoms with van der Waals surface area (Å²) < 4.78 is 11.4. The van der Waals surface area contributed by atoms with E-state index >= 15 is 0 Å². The lowest BCUT2D eigenvalue weighted by Crippen LogP contribution is -2.46. The van der Waals surface area contributed by atoms with E-state index in [0.29, 0.717) is 41.2 Å². The lowest BCUT2D eigenvalue weighted by molar-refractivity contribution is -0.127. The number of ketones is 1. The van der Waals surface area contributed by atoms with Crippen molar-refractivity contribution in [2.75, 3.05) is 33.3 Å². The molecule has 2 aliphatic rings. The molecule has 1 N–H and O–H groups in total. The van der Waals surface area contributed by atoms with Gasteiger partial charge in [0.2, 0.25) is 11.8 Å². The average molecular weight is 532 g/mol. The Bertz CT molecular complexity index is 1460. The number of ether oxygens (including phenoxy) is 1. The first kappa shape index (κ1) is 26.6. The molecule has 204 valence electrons. The Balaban J connectivity index is 1.40. The first-order chi connectivity index (χ1) is 18.8. The number of nitrogens with zero attached hydrogens (tertiary/aromatic N) is 2. The van der Waals surface area contributed by atoms with Crippen LogP contribution in [-0.2, 0) is 21.5 Å². The zero-order chi connectivity index (χ0) is 27.7. The van der Waals surface area contributed by atoms with Crippen LogP contribution >= 0.6 is 0 Å². The molecule has 0 unspecified atom stereocenters. The number of fused-ring (bicyclic) bond motifs is 2. The van der Waals surface area contributed by atoms with Gasteiger partial charge < -0.3 is 19.0 Å². The van der Waals surface area contributed by atoms with Crippen LogP contribution in [0.5, 0.6) is 5.75 Å². The van der Waals surface area contributed by atoms with Crippen LogP contribution < -0.4 is 10.1 Å². The molecule has 1 saturated heterocycles. The smallest absolute Gasteiger partial charge is 0.254 e. The Hall–Kier alpha value is -3.98. The number of imide groups is 1. The van der Waals surface area contributed by atoms with E-state index in [4.69, 9.17) is 9.15 Å². The van der Waals surface area contributed by atoms with Gasteiger partial charge in [0.1, 0.15) is 22.5 Å². The normalized spacial score (nSPS) is 18.8. The molecular weight excluding hydrogens is 498 g/mol. The highest BCUT2D eigenvalue weighted by Crippen LogP contribution is 2.39. The summed E-state index contributed by atoms with van der Waals surface area (Å²) in [6.07, 6.45) is 1.07. The van der Waals surface area contributed by atoms with Crippen molar-refractivity contribution in [2.45, 2.75) is 45.1 Å². The van der Waals surface area contributed by atoms with Crippen LogP contribution in [0.3, 0.4) is 0 Å². The van der Waals surface area contributed by atoms with Crippen molar-refractivity contribution in [3.8, 4) is 5.75 Å². The van der Waals surface area contributed by atoms with Gasteiger partial charge in [-0.3, -0.25) is 24.5 Å². The predicted octanol–water partition coefficient (Wildman–Crippen LogP) is 3.69. The summed E-state index contributed by atoms with van der Waals surface area (Å²) in [5.74, 6) is -0.252. The highest BCUT2D eigenvalue weighted by Gasteiger charge is 2.53. The van der Waals surface area contributed by atoms with Crippen molar-refractivity contribution in [2.24, 2.45) is 0 Å². The monoisotopic (exact) mass is 531 g/mol. The topological polar surface area (TPSA) is 109 Å². The minimum atomic E-state index is -1.37. The number of hydrogen-bond donors (Lipinski definition) is 1. The highest BCUT2D eigenvalue weighted by molar-refractivity contribution is 6.10. The molecule has 0 saturated carbocycles. The molecule has 0 spiro atoms. The number of Topliss-reactive ketones (excluding diaryl/α,β-unsaturated/α-hetero) is 1. The van der Waals surface area contributed by atoms with E-state index in [-0.39, 0.29) is 24.7 Å². The standard InChI is InChI=1S/C30H33N3O6/c1-4-32(5-2)12-6-7-24(34)19-8-9-20-14-26(39-25(20)13-19)30(16-27(35)31-29(30)37)18-33-17-21-10-11-22(38-3)15-23(21)28(33)36/h8-11,13-15H,4-7,12,16-18H2,1-3H3,(H,31,35,37)/t30-/m1/s1. The highest BCUT2D eigenvalue weighted by atomic mass is 16.5. The first-order valence-electron chi connectivity index (χ1n) is 13.4. The van der Waals surface area contributed by atoms with Crippen LogP contribution in [-0.4, -0.2) is 66.6 Å². The van der Waals surface area contributed by atoms with Gasteiger partial charge in [0.05, 0.1) is 13.5 Å². The number of hydrogen-bond acceptors (Lipinski definition) is 7. The van der Waals surface area contributed by atoms with Gasteiger partial charge in [-0.15, -0.1) is 0 Å². The molecule has 1 fully saturated rings. The molecule has 3 aromatic rings. The van der Waals surface area contributed by atoms with Crippen molar-refractivity contribution >= 4 is 34.5 Å². The number of nitrogens with one attached hydrogen (secondary N) is 1. The summed E-state index contributed by atoms with van der Waals surface area (Å²) in [6.45, 7) is 7.27. The van der Waals surface area contributed by atoms with Gasteiger partial charge in [-0.05, 0) is 55.9 Å². The van der Waals surface area contributed by atoms with E-state index < -0.39 is 17.2 Å². The van der Waals surface area contributed by atoms with Crippen LogP contribution in [0.15, 0.2) is 46.9 Å². The minimum absolute atomic E-state index is 0.0165. The number of methoxy groups -OCH3 is 1. The Morgan fingerprint density at radius 3 is 2.59 bits per heavy atom. The molecule has 1 atom stereocenters. The zero-order valence-corrected chi connectivity index (χ0v) is 22.5. The van der Waals surface area contributed by atoms with Crippen LogP contribution in [0.4, 0.5) is 0 Å². The van der Waals surface area contributed by atoms with Crippen molar-refractivity contribution < 1.29 is 28.3 Å². The fourth-order valence-corrected chi connectivity index (χ4v) is 5.56. The summed E-state index contributed by atoms with van der Waals surface area (Å²) in [4.78, 5) is 55.6. The van der Waals surface area contributed by atoms with Gasteiger partial charge in [-0.25, -0.2) is 0 Å². The fraction of sp³-hybridized carbons (Fsp3) is 0.400. The fourth-order valence-electron chi connectivity index (χ4n) is 5.56. The number of amides is 3. The Kier molecular flexibility index (Phi) is 7.27. The van der Waals surface area contributed by atoms with Gasteiger partial charge in [-0.1, -0.05) is 32.0 Å². The number of carbonyl (C=O) groups excluding carboxylic acids is 4. The van der Waals surface area contributed by atoms with E-state index in [0.717, 1.165) is 37.0 Å². The maximum atomic E-state index is 13.3. The van der Waals surface area contributed by atoms with Gasteiger partial charge in [-0.2, -0.15) is 0 Å². The van der Waals surface area contributed by atoms with Crippen LogP contribution in [0.25, 0.3) is 11.0 Å². The molecule has 39 heavy (non-hydrogen) atoms. The van der Waals surface area contributed by atoms with Gasteiger partial charge in [0, 0.05) is 36.0 Å². The molecular formula is C30H33N3O6. The zero-order valence-electron chi connectivity index (χ0n) is 22.5. The Morgan fingerprint density at radius 1 is 1.10 bits per heavy atom. The number of benzene rings is 2. The van der Waals surface area contributed by atoms with Crippen LogP contribution in [0, 0.1) is 0 Å². The first-order valence-corrected chi connectivity index (χ1v) is 13.4. The Labute approximate surface area is 227 Å². The number of rotatable bonds is 11. The van der Waals surface area contributed by atoms with Gasteiger partial charge in [0.25, 0.3) is 5.91 Å². The van der Waals surface area contributed by atoms with E-state index in [1.165, 1.54) is 7.11 Å². The minimum Gasteiger partial charge on any atom is -0.497 e. The SMILES string of the molecule is CCN(CC)CCCC(=O)c1ccc2cc([C@]3(CN4Cc5ccc(OC)cc5C4=O)CC(=O)NC3=O)oc2c1. The molecule has 2 aromatic carbocycles. The molecule has 5 rings (SSSR count). The second kappa shape index (κ2) is 10.6. The quantitative estimate of drug-likeness (QED) is 0.297. The molecule has 0 aliphatic carbocycles. The van der Waals surface area contributed by atoms with E-state index in [9.17, 15) is 19.2 Å². The molecule has 9 heteroatoms. The maximum Gasteiger partial charge on any atom is 0.254 e. The van der Waals surface area contributed by atoms with E-state index in [1.54, 1.807) is 41.3 Å². The maximum absolute atomic E-state index is 13.3. The van der Waals surface area contributed by atoms with Crippen molar-refractivity contribution in [1.82, 2.24) is 15.1 Å². The molecule has 0 radical (unpaired) electrons. The summed E-state index contributed by atoms with van der Waals surface area (Å²) in [7, 11) is 1.54. The van der Waals surface area contributed by atoms with Crippen molar-refractivity contribution in [3.63, 3.8) is 0 Å². The van der Waals surface area contributed by atoms with Gasteiger partial charge in [0.15, 0.2) is 5.78 Å². The lowest BCUT2D eigenvalue weighted by atomic mass is 9.82. The van der Waals surface area contributed by atoms with E-state index in [1.807, 2.05) is 6.07 Å². The summed E-state index contributed by atoms with van der Waals surface area (Å²) in [6, 6.07) is 12.3. The van der Waals surface area contributed by atoms with Crippen molar-refractivity contribution in [3.05, 3.63) is 64.9 Å². The summed E-state index contributed by atoms with van der Waals surface area (Å²) >= 11 is 0. The summed E-state index contributed by atoms with van der Waals surface area (Å²) in [5, 5.41) is 3.12. The molecule has 2 aliphatic heterocycles. The molecule has 1 aromatic heterocycles. The van der Waals surface area contributed by atoms with Crippen molar-refractivity contribution in [1.29, 1.82) is 0 Å². The third-order valence-corrected chi connectivity index (χ3v) is 7.89.